The van der Waals surface area contributed by atoms with Gasteiger partial charge in [0.25, 0.3) is 5.91 Å². The number of anilines is 2. The standard InChI is InChI=1S/C13H14N4O/c1-9-7-10(8-12(14)16-9)13(18)17(2)11-3-5-15-6-4-11/h3-8H,1-2H3,(H2,14,16). The van der Waals surface area contributed by atoms with Crippen molar-refractivity contribution < 1.29 is 4.79 Å². The second-order valence-electron chi connectivity index (χ2n) is 3.99. The number of aromatic nitrogens is 2. The Hall–Kier alpha value is -2.43. The summed E-state index contributed by atoms with van der Waals surface area (Å²) in [6.07, 6.45) is 3.29. The van der Waals surface area contributed by atoms with Crippen LogP contribution in [0.1, 0.15) is 16.1 Å². The molecule has 1 amide bonds. The quantitative estimate of drug-likeness (QED) is 0.869. The van der Waals surface area contributed by atoms with E-state index in [4.69, 9.17) is 5.73 Å². The molecule has 0 aliphatic carbocycles. The molecule has 2 rings (SSSR count). The number of hydrogen-bond donors (Lipinski definition) is 1. The zero-order valence-corrected chi connectivity index (χ0v) is 10.3. The van der Waals surface area contributed by atoms with E-state index in [2.05, 4.69) is 9.97 Å². The van der Waals surface area contributed by atoms with Crippen LogP contribution in [-0.4, -0.2) is 22.9 Å². The average Bonchev–Trinajstić information content (AvgIpc) is 2.37. The van der Waals surface area contributed by atoms with E-state index in [1.54, 1.807) is 55.5 Å². The van der Waals surface area contributed by atoms with Crippen LogP contribution in [0.5, 0.6) is 0 Å². The number of nitrogens with zero attached hydrogens (tertiary/aromatic N) is 3. The fourth-order valence-corrected chi connectivity index (χ4v) is 1.70. The molecule has 0 bridgehead atoms. The summed E-state index contributed by atoms with van der Waals surface area (Å²) in [5, 5.41) is 0. The highest BCUT2D eigenvalue weighted by Gasteiger charge is 2.14. The van der Waals surface area contributed by atoms with Gasteiger partial charge in [0, 0.05) is 36.4 Å². The highest BCUT2D eigenvalue weighted by Crippen LogP contribution is 2.15. The monoisotopic (exact) mass is 242 g/mol. The first-order chi connectivity index (χ1) is 8.58. The molecule has 5 heteroatoms. The van der Waals surface area contributed by atoms with Crippen LogP contribution < -0.4 is 10.6 Å². The number of nitrogens with two attached hydrogens (primary N) is 1. The zero-order chi connectivity index (χ0) is 13.1. The Bertz CT molecular complexity index is 548. The third-order valence-corrected chi connectivity index (χ3v) is 2.57. The van der Waals surface area contributed by atoms with E-state index in [0.29, 0.717) is 11.4 Å². The summed E-state index contributed by atoms with van der Waals surface area (Å²) in [5.74, 6) is 0.222. The van der Waals surface area contributed by atoms with Gasteiger partial charge < -0.3 is 10.6 Å². The molecule has 5 nitrogen and oxygen atoms in total. The molecule has 0 spiro atoms. The maximum absolute atomic E-state index is 12.3. The fourth-order valence-electron chi connectivity index (χ4n) is 1.70. The molecule has 0 aliphatic heterocycles. The Kier molecular flexibility index (Phi) is 3.23. The van der Waals surface area contributed by atoms with Gasteiger partial charge in [-0.05, 0) is 31.2 Å². The van der Waals surface area contributed by atoms with Gasteiger partial charge in [-0.2, -0.15) is 0 Å². The predicted molar refractivity (Wildman–Crippen MR) is 70.4 cm³/mol. The minimum absolute atomic E-state index is 0.126. The van der Waals surface area contributed by atoms with Gasteiger partial charge in [-0.25, -0.2) is 4.98 Å². The molecule has 2 N–H and O–H groups in total. The summed E-state index contributed by atoms with van der Waals surface area (Å²) in [4.78, 5) is 21.8. The Morgan fingerprint density at radius 1 is 1.28 bits per heavy atom. The van der Waals surface area contributed by atoms with E-state index >= 15 is 0 Å². The van der Waals surface area contributed by atoms with Crippen molar-refractivity contribution >= 4 is 17.4 Å². The average molecular weight is 242 g/mol. The number of amides is 1. The second-order valence-corrected chi connectivity index (χ2v) is 3.99. The molecule has 0 aliphatic rings. The summed E-state index contributed by atoms with van der Waals surface area (Å²) in [6.45, 7) is 1.81. The number of carbonyl (C=O) groups excluding carboxylic acids is 1. The molecule has 0 atom stereocenters. The molecule has 0 unspecified atom stereocenters. The van der Waals surface area contributed by atoms with Gasteiger partial charge in [0.05, 0.1) is 0 Å². The second kappa shape index (κ2) is 4.83. The lowest BCUT2D eigenvalue weighted by molar-refractivity contribution is 0.0993. The van der Waals surface area contributed by atoms with E-state index in [9.17, 15) is 4.79 Å². The lowest BCUT2D eigenvalue weighted by atomic mass is 10.2. The van der Waals surface area contributed by atoms with Gasteiger partial charge in [0.2, 0.25) is 0 Å². The molecule has 2 aromatic rings. The molecule has 2 heterocycles. The SMILES string of the molecule is Cc1cc(C(=O)N(C)c2ccncc2)cc(N)n1. The van der Waals surface area contributed by atoms with Crippen LogP contribution >= 0.6 is 0 Å². The molecule has 0 saturated carbocycles. The first-order valence-corrected chi connectivity index (χ1v) is 5.50. The Balaban J connectivity index is 2.31. The number of aryl methyl sites for hydroxylation is 1. The summed E-state index contributed by atoms with van der Waals surface area (Å²) in [5.41, 5.74) is 7.68. The topological polar surface area (TPSA) is 72.1 Å². The highest BCUT2D eigenvalue weighted by atomic mass is 16.2. The van der Waals surface area contributed by atoms with Crippen LogP contribution in [0, 0.1) is 6.92 Å². The minimum Gasteiger partial charge on any atom is -0.384 e. The summed E-state index contributed by atoms with van der Waals surface area (Å²) < 4.78 is 0. The zero-order valence-electron chi connectivity index (χ0n) is 10.3. The first kappa shape index (κ1) is 12.0. The Labute approximate surface area is 105 Å². The summed E-state index contributed by atoms with van der Waals surface area (Å²) in [6, 6.07) is 6.84. The molecule has 92 valence electrons. The number of hydrogen-bond acceptors (Lipinski definition) is 4. The Morgan fingerprint density at radius 2 is 1.94 bits per heavy atom. The number of carbonyl (C=O) groups is 1. The molecular formula is C13H14N4O. The summed E-state index contributed by atoms with van der Waals surface area (Å²) in [7, 11) is 1.71. The first-order valence-electron chi connectivity index (χ1n) is 5.50. The van der Waals surface area contributed by atoms with E-state index in [1.165, 1.54) is 0 Å². The van der Waals surface area contributed by atoms with E-state index in [-0.39, 0.29) is 5.91 Å². The van der Waals surface area contributed by atoms with E-state index in [1.807, 2.05) is 0 Å². The molecule has 2 aromatic heterocycles. The van der Waals surface area contributed by atoms with Crippen molar-refractivity contribution in [2.75, 3.05) is 17.7 Å². The van der Waals surface area contributed by atoms with Crippen LogP contribution in [0.2, 0.25) is 0 Å². The largest absolute Gasteiger partial charge is 0.384 e. The maximum Gasteiger partial charge on any atom is 0.258 e. The smallest absolute Gasteiger partial charge is 0.258 e. The van der Waals surface area contributed by atoms with Crippen molar-refractivity contribution in [1.29, 1.82) is 0 Å². The van der Waals surface area contributed by atoms with Crippen molar-refractivity contribution in [3.05, 3.63) is 47.9 Å². The molecule has 0 saturated heterocycles. The van der Waals surface area contributed by atoms with Crippen LogP contribution in [-0.2, 0) is 0 Å². The van der Waals surface area contributed by atoms with Gasteiger partial charge in [-0.1, -0.05) is 0 Å². The molecular weight excluding hydrogens is 228 g/mol. The normalized spacial score (nSPS) is 10.1. The van der Waals surface area contributed by atoms with Crippen molar-refractivity contribution in [3.8, 4) is 0 Å². The summed E-state index contributed by atoms with van der Waals surface area (Å²) >= 11 is 0. The van der Waals surface area contributed by atoms with E-state index in [0.717, 1.165) is 11.4 Å². The van der Waals surface area contributed by atoms with Gasteiger partial charge in [-0.15, -0.1) is 0 Å². The van der Waals surface area contributed by atoms with Gasteiger partial charge in [0.15, 0.2) is 0 Å². The van der Waals surface area contributed by atoms with Crippen LogP contribution in [0.4, 0.5) is 11.5 Å². The number of rotatable bonds is 2. The lowest BCUT2D eigenvalue weighted by Gasteiger charge is -2.17. The fraction of sp³-hybridized carbons (Fsp3) is 0.154. The van der Waals surface area contributed by atoms with Gasteiger partial charge in [-0.3, -0.25) is 9.78 Å². The van der Waals surface area contributed by atoms with Crippen molar-refractivity contribution in [2.45, 2.75) is 6.92 Å². The number of nitrogen functional groups attached to an aromatic ring is 1. The van der Waals surface area contributed by atoms with Crippen molar-refractivity contribution in [3.63, 3.8) is 0 Å². The molecule has 18 heavy (non-hydrogen) atoms. The predicted octanol–water partition coefficient (Wildman–Crippen LogP) is 1.64. The molecule has 0 fully saturated rings. The lowest BCUT2D eigenvalue weighted by Crippen LogP contribution is -2.26. The van der Waals surface area contributed by atoms with Crippen LogP contribution in [0.3, 0.4) is 0 Å². The number of pyridine rings is 2. The molecule has 0 aromatic carbocycles. The van der Waals surface area contributed by atoms with E-state index < -0.39 is 0 Å². The maximum atomic E-state index is 12.3. The third-order valence-electron chi connectivity index (χ3n) is 2.57. The van der Waals surface area contributed by atoms with Gasteiger partial charge >= 0.3 is 0 Å². The van der Waals surface area contributed by atoms with Crippen molar-refractivity contribution in [1.82, 2.24) is 9.97 Å². The third kappa shape index (κ3) is 2.45. The van der Waals surface area contributed by atoms with Gasteiger partial charge in [0.1, 0.15) is 5.82 Å². The van der Waals surface area contributed by atoms with Crippen LogP contribution in [0.25, 0.3) is 0 Å². The minimum atomic E-state index is -0.126. The highest BCUT2D eigenvalue weighted by molar-refractivity contribution is 6.06. The Morgan fingerprint density at radius 3 is 2.56 bits per heavy atom. The van der Waals surface area contributed by atoms with Crippen molar-refractivity contribution in [2.24, 2.45) is 0 Å². The molecule has 0 radical (unpaired) electrons. The van der Waals surface area contributed by atoms with Crippen LogP contribution in [0.15, 0.2) is 36.7 Å².